The topological polar surface area (TPSA) is 55.4 Å². The first-order valence-corrected chi connectivity index (χ1v) is 6.83. The van der Waals surface area contributed by atoms with Gasteiger partial charge in [-0.3, -0.25) is 4.79 Å². The Kier molecular flexibility index (Phi) is 6.97. The van der Waals surface area contributed by atoms with Crippen LogP contribution in [0.2, 0.25) is 0 Å². The molecule has 4 nitrogen and oxygen atoms in total. The number of hydrogen-bond acceptors (Lipinski definition) is 3. The molecule has 1 aromatic rings. The molecule has 1 rings (SSSR count). The van der Waals surface area contributed by atoms with Crippen LogP contribution in [0.25, 0.3) is 0 Å². The standard InChI is InChI=1S/C14H18ClNO3/c1-2-3-4-8-19-14(18)11-6-5-7-12(9-11)16-13(17)10-15/h5-7,9H,2-4,8,10H2,1H3,(H,16,17). The fourth-order valence-corrected chi connectivity index (χ4v) is 1.59. The number of unbranched alkanes of at least 4 members (excludes halogenated alkanes) is 2. The summed E-state index contributed by atoms with van der Waals surface area (Å²) in [6.07, 6.45) is 2.99. The van der Waals surface area contributed by atoms with Crippen molar-refractivity contribution in [3.63, 3.8) is 0 Å². The zero-order valence-electron chi connectivity index (χ0n) is 10.9. The maximum absolute atomic E-state index is 11.8. The van der Waals surface area contributed by atoms with E-state index in [1.54, 1.807) is 24.3 Å². The Morgan fingerprint density at radius 2 is 2.11 bits per heavy atom. The van der Waals surface area contributed by atoms with Gasteiger partial charge in [0, 0.05) is 5.69 Å². The van der Waals surface area contributed by atoms with Crippen molar-refractivity contribution in [1.29, 1.82) is 0 Å². The predicted molar refractivity (Wildman–Crippen MR) is 75.6 cm³/mol. The van der Waals surface area contributed by atoms with Crippen LogP contribution >= 0.6 is 11.6 Å². The molecule has 104 valence electrons. The average Bonchev–Trinajstić information content (AvgIpc) is 2.43. The van der Waals surface area contributed by atoms with Crippen LogP contribution in [-0.4, -0.2) is 24.4 Å². The van der Waals surface area contributed by atoms with Crippen molar-refractivity contribution >= 4 is 29.2 Å². The van der Waals surface area contributed by atoms with Gasteiger partial charge in [-0.2, -0.15) is 0 Å². The zero-order chi connectivity index (χ0) is 14.1. The Labute approximate surface area is 118 Å². The fraction of sp³-hybridized carbons (Fsp3) is 0.429. The van der Waals surface area contributed by atoms with E-state index in [1.165, 1.54) is 0 Å². The Hall–Kier alpha value is -1.55. The molecule has 0 aliphatic rings. The van der Waals surface area contributed by atoms with Crippen LogP contribution in [0.4, 0.5) is 5.69 Å². The first-order chi connectivity index (χ1) is 9.17. The number of esters is 1. The molecule has 0 aliphatic heterocycles. The number of alkyl halides is 1. The van der Waals surface area contributed by atoms with E-state index in [2.05, 4.69) is 12.2 Å². The van der Waals surface area contributed by atoms with Crippen LogP contribution in [0.15, 0.2) is 24.3 Å². The van der Waals surface area contributed by atoms with E-state index in [-0.39, 0.29) is 17.8 Å². The quantitative estimate of drug-likeness (QED) is 0.475. The molecule has 19 heavy (non-hydrogen) atoms. The highest BCUT2D eigenvalue weighted by molar-refractivity contribution is 6.29. The van der Waals surface area contributed by atoms with E-state index in [1.807, 2.05) is 0 Å². The Morgan fingerprint density at radius 3 is 2.79 bits per heavy atom. The first-order valence-electron chi connectivity index (χ1n) is 6.30. The van der Waals surface area contributed by atoms with Gasteiger partial charge in [-0.15, -0.1) is 11.6 Å². The van der Waals surface area contributed by atoms with E-state index < -0.39 is 0 Å². The van der Waals surface area contributed by atoms with Crippen molar-refractivity contribution < 1.29 is 14.3 Å². The van der Waals surface area contributed by atoms with Crippen LogP contribution in [0.3, 0.4) is 0 Å². The molecular weight excluding hydrogens is 266 g/mol. The third kappa shape index (κ3) is 5.75. The lowest BCUT2D eigenvalue weighted by Crippen LogP contribution is -2.13. The van der Waals surface area contributed by atoms with Gasteiger partial charge < -0.3 is 10.1 Å². The second-order valence-electron chi connectivity index (χ2n) is 4.11. The molecule has 0 saturated heterocycles. The summed E-state index contributed by atoms with van der Waals surface area (Å²) < 4.78 is 5.14. The van der Waals surface area contributed by atoms with Crippen molar-refractivity contribution in [2.45, 2.75) is 26.2 Å². The van der Waals surface area contributed by atoms with Crippen molar-refractivity contribution in [3.05, 3.63) is 29.8 Å². The van der Waals surface area contributed by atoms with Gasteiger partial charge in [0.05, 0.1) is 12.2 Å². The third-order valence-corrected chi connectivity index (χ3v) is 2.73. The van der Waals surface area contributed by atoms with Gasteiger partial charge >= 0.3 is 5.97 Å². The van der Waals surface area contributed by atoms with E-state index >= 15 is 0 Å². The lowest BCUT2D eigenvalue weighted by Gasteiger charge is -2.07. The molecule has 1 aromatic carbocycles. The second kappa shape index (κ2) is 8.53. The molecule has 0 fully saturated rings. The van der Waals surface area contributed by atoms with Crippen molar-refractivity contribution in [2.75, 3.05) is 17.8 Å². The number of carbonyl (C=O) groups excluding carboxylic acids is 2. The van der Waals surface area contributed by atoms with Gasteiger partial charge in [-0.25, -0.2) is 4.79 Å². The summed E-state index contributed by atoms with van der Waals surface area (Å²) >= 11 is 5.40. The largest absolute Gasteiger partial charge is 0.462 e. The van der Waals surface area contributed by atoms with Crippen LogP contribution in [0, 0.1) is 0 Å². The third-order valence-electron chi connectivity index (χ3n) is 2.48. The molecular formula is C14H18ClNO3. The van der Waals surface area contributed by atoms with Crippen LogP contribution in [0.1, 0.15) is 36.5 Å². The normalized spacial score (nSPS) is 10.0. The van der Waals surface area contributed by atoms with Gasteiger partial charge in [0.25, 0.3) is 0 Å². The van der Waals surface area contributed by atoms with E-state index in [9.17, 15) is 9.59 Å². The monoisotopic (exact) mass is 283 g/mol. The fourth-order valence-electron chi connectivity index (χ4n) is 1.52. The summed E-state index contributed by atoms with van der Waals surface area (Å²) in [5, 5.41) is 2.58. The Balaban J connectivity index is 2.55. The number of anilines is 1. The first kappa shape index (κ1) is 15.5. The number of amides is 1. The summed E-state index contributed by atoms with van der Waals surface area (Å²) in [7, 11) is 0. The number of carbonyl (C=O) groups is 2. The lowest BCUT2D eigenvalue weighted by atomic mass is 10.2. The lowest BCUT2D eigenvalue weighted by molar-refractivity contribution is -0.113. The van der Waals surface area contributed by atoms with Crippen molar-refractivity contribution in [1.82, 2.24) is 0 Å². The van der Waals surface area contributed by atoms with Crippen molar-refractivity contribution in [3.8, 4) is 0 Å². The maximum Gasteiger partial charge on any atom is 0.338 e. The molecule has 0 saturated carbocycles. The van der Waals surface area contributed by atoms with E-state index in [4.69, 9.17) is 16.3 Å². The molecule has 0 bridgehead atoms. The minimum atomic E-state index is -0.377. The predicted octanol–water partition coefficient (Wildman–Crippen LogP) is 3.21. The molecule has 1 amide bonds. The summed E-state index contributed by atoms with van der Waals surface area (Å²) in [4.78, 5) is 22.9. The Morgan fingerprint density at radius 1 is 1.32 bits per heavy atom. The number of rotatable bonds is 7. The number of nitrogens with one attached hydrogen (secondary N) is 1. The molecule has 1 N–H and O–H groups in total. The van der Waals surface area contributed by atoms with Gasteiger partial charge in [0.2, 0.25) is 5.91 Å². The molecule has 0 aromatic heterocycles. The van der Waals surface area contributed by atoms with Gasteiger partial charge in [0.1, 0.15) is 5.88 Å². The summed E-state index contributed by atoms with van der Waals surface area (Å²) in [5.74, 6) is -0.806. The van der Waals surface area contributed by atoms with Gasteiger partial charge in [-0.05, 0) is 24.6 Å². The Bertz CT molecular complexity index is 434. The highest BCUT2D eigenvalue weighted by Gasteiger charge is 2.08. The number of halogens is 1. The molecule has 5 heteroatoms. The van der Waals surface area contributed by atoms with Crippen LogP contribution in [0.5, 0.6) is 0 Å². The molecule has 0 heterocycles. The number of benzene rings is 1. The number of hydrogen-bond donors (Lipinski definition) is 1. The second-order valence-corrected chi connectivity index (χ2v) is 4.37. The molecule has 0 unspecified atom stereocenters. The molecule has 0 atom stereocenters. The summed E-state index contributed by atoms with van der Waals surface area (Å²) in [5.41, 5.74) is 0.956. The SMILES string of the molecule is CCCCCOC(=O)c1cccc(NC(=O)CCl)c1. The van der Waals surface area contributed by atoms with Gasteiger partial charge in [0.15, 0.2) is 0 Å². The highest BCUT2D eigenvalue weighted by Crippen LogP contribution is 2.12. The molecule has 0 spiro atoms. The summed E-state index contributed by atoms with van der Waals surface area (Å²) in [6.45, 7) is 2.51. The smallest absolute Gasteiger partial charge is 0.338 e. The molecule has 0 radical (unpaired) electrons. The van der Waals surface area contributed by atoms with Crippen molar-refractivity contribution in [2.24, 2.45) is 0 Å². The maximum atomic E-state index is 11.8. The van der Waals surface area contributed by atoms with Crippen LogP contribution in [-0.2, 0) is 9.53 Å². The van der Waals surface area contributed by atoms with E-state index in [0.717, 1.165) is 19.3 Å². The van der Waals surface area contributed by atoms with Gasteiger partial charge in [-0.1, -0.05) is 25.8 Å². The minimum absolute atomic E-state index is 0.119. The zero-order valence-corrected chi connectivity index (χ0v) is 11.7. The van der Waals surface area contributed by atoms with E-state index in [0.29, 0.717) is 17.9 Å². The highest BCUT2D eigenvalue weighted by atomic mass is 35.5. The van der Waals surface area contributed by atoms with Crippen LogP contribution < -0.4 is 5.32 Å². The molecule has 0 aliphatic carbocycles. The number of ether oxygens (including phenoxy) is 1. The summed E-state index contributed by atoms with van der Waals surface area (Å²) in [6, 6.07) is 6.61. The average molecular weight is 284 g/mol. The minimum Gasteiger partial charge on any atom is -0.462 e.